The quantitative estimate of drug-likeness (QED) is 0.584. The fraction of sp³-hybridized carbons (Fsp3) is 0.895. The van der Waals surface area contributed by atoms with Gasteiger partial charge in [-0.05, 0) is 56.7 Å². The topological polar surface area (TPSA) is 38.7 Å². The molecule has 0 amide bonds. The minimum absolute atomic E-state index is 0.104. The second kappa shape index (κ2) is 6.99. The van der Waals surface area contributed by atoms with Gasteiger partial charge < -0.3 is 14.3 Å². The Morgan fingerprint density at radius 1 is 1.30 bits per heavy atom. The summed E-state index contributed by atoms with van der Waals surface area (Å²) >= 11 is 0. The first-order valence-corrected chi connectivity index (χ1v) is 12.1. The molecular formula is C19H36O3Si. The molecule has 2 fully saturated rings. The Morgan fingerprint density at radius 2 is 2.00 bits per heavy atom. The number of hydrogen-bond acceptors (Lipinski definition) is 3. The lowest BCUT2D eigenvalue weighted by Gasteiger charge is -2.52. The predicted octanol–water partition coefficient (Wildman–Crippen LogP) is 4.66. The minimum Gasteiger partial charge on any atom is -0.414 e. The normalized spacial score (nSPS) is 35.7. The maximum absolute atomic E-state index is 10.6. The van der Waals surface area contributed by atoms with Gasteiger partial charge in [-0.25, -0.2) is 0 Å². The van der Waals surface area contributed by atoms with Crippen molar-refractivity contribution < 1.29 is 14.3 Å². The number of aliphatic hydroxyl groups excluding tert-OH is 1. The van der Waals surface area contributed by atoms with E-state index in [1.165, 1.54) is 0 Å². The smallest absolute Gasteiger partial charge is 0.192 e. The van der Waals surface area contributed by atoms with Crippen molar-refractivity contribution >= 4 is 8.32 Å². The molecule has 0 spiro atoms. The Morgan fingerprint density at radius 3 is 2.61 bits per heavy atom. The van der Waals surface area contributed by atoms with E-state index in [4.69, 9.17) is 9.16 Å². The highest BCUT2D eigenvalue weighted by Gasteiger charge is 2.50. The average molecular weight is 341 g/mol. The molecule has 0 aromatic carbocycles. The van der Waals surface area contributed by atoms with E-state index in [2.05, 4.69) is 40.4 Å². The van der Waals surface area contributed by atoms with E-state index in [0.717, 1.165) is 38.5 Å². The molecular weight excluding hydrogens is 304 g/mol. The first kappa shape index (κ1) is 19.2. The summed E-state index contributed by atoms with van der Waals surface area (Å²) in [7, 11) is -1.73. The van der Waals surface area contributed by atoms with Crippen molar-refractivity contribution in [1.82, 2.24) is 0 Å². The maximum atomic E-state index is 10.6. The van der Waals surface area contributed by atoms with Crippen LogP contribution < -0.4 is 0 Å². The summed E-state index contributed by atoms with van der Waals surface area (Å²) in [6.45, 7) is 16.0. The van der Waals surface area contributed by atoms with Crippen LogP contribution in [0.4, 0.5) is 0 Å². The van der Waals surface area contributed by atoms with Gasteiger partial charge in [0.1, 0.15) is 0 Å². The van der Waals surface area contributed by atoms with E-state index in [1.54, 1.807) is 0 Å². The molecule has 1 heterocycles. The molecule has 1 saturated carbocycles. The van der Waals surface area contributed by atoms with Gasteiger partial charge in [0.2, 0.25) is 0 Å². The molecule has 2 rings (SSSR count). The second-order valence-corrected chi connectivity index (χ2v) is 13.8. The van der Waals surface area contributed by atoms with Crippen LogP contribution in [-0.2, 0) is 9.16 Å². The molecule has 0 unspecified atom stereocenters. The van der Waals surface area contributed by atoms with E-state index in [0.29, 0.717) is 6.61 Å². The molecule has 3 nitrogen and oxygen atoms in total. The third kappa shape index (κ3) is 3.92. The van der Waals surface area contributed by atoms with E-state index >= 15 is 0 Å². The third-order valence-electron chi connectivity index (χ3n) is 6.50. The molecule has 4 atom stereocenters. The van der Waals surface area contributed by atoms with Crippen LogP contribution in [0.15, 0.2) is 12.7 Å². The van der Waals surface area contributed by atoms with E-state index in [1.807, 2.05) is 6.08 Å². The molecule has 2 aliphatic rings. The Balaban J connectivity index is 1.98. The number of allylic oxidation sites excluding steroid dienone is 1. The van der Waals surface area contributed by atoms with E-state index in [9.17, 15) is 5.11 Å². The molecule has 0 aromatic rings. The average Bonchev–Trinajstić information content (AvgIpc) is 2.45. The summed E-state index contributed by atoms with van der Waals surface area (Å²) < 4.78 is 12.8. The Labute approximate surface area is 143 Å². The predicted molar refractivity (Wildman–Crippen MR) is 98.1 cm³/mol. The first-order chi connectivity index (χ1) is 10.6. The van der Waals surface area contributed by atoms with Gasteiger partial charge in [0.05, 0.1) is 24.9 Å². The van der Waals surface area contributed by atoms with Crippen molar-refractivity contribution in [2.24, 2.45) is 5.41 Å². The third-order valence-corrected chi connectivity index (χ3v) is 11.0. The Hall–Kier alpha value is -0.163. The monoisotopic (exact) mass is 340 g/mol. The van der Waals surface area contributed by atoms with Crippen molar-refractivity contribution in [1.29, 1.82) is 0 Å². The molecule has 0 bridgehead atoms. The molecule has 134 valence electrons. The molecule has 1 N–H and O–H groups in total. The van der Waals surface area contributed by atoms with Crippen molar-refractivity contribution in [2.75, 3.05) is 6.61 Å². The summed E-state index contributed by atoms with van der Waals surface area (Å²) in [6, 6.07) is 0. The summed E-state index contributed by atoms with van der Waals surface area (Å²) in [6.07, 6.45) is 7.92. The molecule has 1 saturated heterocycles. The Bertz CT molecular complexity index is 415. The van der Waals surface area contributed by atoms with Gasteiger partial charge in [-0.3, -0.25) is 0 Å². The van der Waals surface area contributed by atoms with E-state index < -0.39 is 8.32 Å². The summed E-state index contributed by atoms with van der Waals surface area (Å²) in [5, 5.41) is 10.8. The van der Waals surface area contributed by atoms with Crippen LogP contribution in [0, 0.1) is 5.41 Å². The van der Waals surface area contributed by atoms with Crippen LogP contribution in [0.3, 0.4) is 0 Å². The van der Waals surface area contributed by atoms with Crippen molar-refractivity contribution in [3.63, 3.8) is 0 Å². The maximum Gasteiger partial charge on any atom is 0.192 e. The lowest BCUT2D eigenvalue weighted by atomic mass is 9.63. The zero-order valence-corrected chi connectivity index (χ0v) is 16.7. The van der Waals surface area contributed by atoms with Crippen LogP contribution in [-0.4, -0.2) is 38.3 Å². The molecule has 4 heteroatoms. The van der Waals surface area contributed by atoms with Crippen molar-refractivity contribution in [3.05, 3.63) is 12.7 Å². The molecule has 23 heavy (non-hydrogen) atoms. The zero-order chi connectivity index (χ0) is 17.3. The zero-order valence-electron chi connectivity index (χ0n) is 15.7. The summed E-state index contributed by atoms with van der Waals surface area (Å²) in [5.41, 5.74) is -0.104. The largest absolute Gasteiger partial charge is 0.414 e. The van der Waals surface area contributed by atoms with Gasteiger partial charge in [-0.2, -0.15) is 0 Å². The molecule has 1 aliphatic heterocycles. The lowest BCUT2D eigenvalue weighted by Crippen LogP contribution is -2.55. The molecule has 1 aliphatic carbocycles. The SMILES string of the molecule is C=CC[C@]12CC[C@@H](CO[Si](C)(C)C(C)(C)C)O[C@H]1CCC[C@@H]2O. The van der Waals surface area contributed by atoms with E-state index in [-0.39, 0.29) is 28.8 Å². The van der Waals surface area contributed by atoms with Crippen molar-refractivity contribution in [3.8, 4) is 0 Å². The summed E-state index contributed by atoms with van der Waals surface area (Å²) in [4.78, 5) is 0. The number of rotatable bonds is 5. The number of hydrogen-bond donors (Lipinski definition) is 1. The van der Waals surface area contributed by atoms with Gasteiger partial charge in [0.15, 0.2) is 8.32 Å². The van der Waals surface area contributed by atoms with Gasteiger partial charge in [-0.1, -0.05) is 26.8 Å². The van der Waals surface area contributed by atoms with Crippen molar-refractivity contribution in [2.45, 2.75) is 95.7 Å². The second-order valence-electron chi connectivity index (χ2n) is 9.03. The fourth-order valence-corrected chi connectivity index (χ4v) is 4.86. The van der Waals surface area contributed by atoms with Gasteiger partial charge in [-0.15, -0.1) is 6.58 Å². The van der Waals surface area contributed by atoms with Crippen LogP contribution in [0.5, 0.6) is 0 Å². The number of ether oxygens (including phenoxy) is 1. The van der Waals surface area contributed by atoms with Crippen LogP contribution >= 0.6 is 0 Å². The minimum atomic E-state index is -1.73. The molecule has 0 radical (unpaired) electrons. The lowest BCUT2D eigenvalue weighted by molar-refractivity contribution is -0.194. The molecule has 0 aromatic heterocycles. The highest BCUT2D eigenvalue weighted by Crippen LogP contribution is 2.49. The highest BCUT2D eigenvalue weighted by atomic mass is 28.4. The van der Waals surface area contributed by atoms with Gasteiger partial charge in [0.25, 0.3) is 0 Å². The van der Waals surface area contributed by atoms with Crippen LogP contribution in [0.1, 0.15) is 59.3 Å². The van der Waals surface area contributed by atoms with Gasteiger partial charge in [0, 0.05) is 5.41 Å². The number of aliphatic hydroxyl groups is 1. The number of fused-ring (bicyclic) bond motifs is 1. The Kier molecular flexibility index (Phi) is 5.82. The highest BCUT2D eigenvalue weighted by molar-refractivity contribution is 6.74. The van der Waals surface area contributed by atoms with Crippen LogP contribution in [0.25, 0.3) is 0 Å². The van der Waals surface area contributed by atoms with Crippen LogP contribution in [0.2, 0.25) is 18.1 Å². The standard InChI is InChI=1S/C19H36O3Si/c1-7-12-19-13-11-15(14-21-23(5,6)18(2,3)4)22-17(19)10-8-9-16(19)20/h7,15-17,20H,1,8-14H2,2-6H3/t15-,16-,17-,19+/m0/s1. The van der Waals surface area contributed by atoms with Gasteiger partial charge >= 0.3 is 0 Å². The summed E-state index contributed by atoms with van der Waals surface area (Å²) in [5.74, 6) is 0. The first-order valence-electron chi connectivity index (χ1n) is 9.21. The fourth-order valence-electron chi connectivity index (χ4n) is 3.83.